The summed E-state index contributed by atoms with van der Waals surface area (Å²) in [6, 6.07) is -0.311. The summed E-state index contributed by atoms with van der Waals surface area (Å²) in [5.74, 6) is 1.77. The van der Waals surface area contributed by atoms with Crippen molar-refractivity contribution >= 4 is 23.6 Å². The van der Waals surface area contributed by atoms with Gasteiger partial charge in [-0.25, -0.2) is 0 Å². The van der Waals surface area contributed by atoms with Crippen molar-refractivity contribution in [2.24, 2.45) is 5.92 Å². The lowest BCUT2D eigenvalue weighted by molar-refractivity contribution is -0.134. The molecule has 4 nitrogen and oxygen atoms in total. The number of hydrogen-bond donors (Lipinski definition) is 1. The minimum Gasteiger partial charge on any atom is -0.354 e. The first-order valence-electron chi connectivity index (χ1n) is 5.51. The molecule has 2 amide bonds. The van der Waals surface area contributed by atoms with Crippen LogP contribution in [0.3, 0.4) is 0 Å². The zero-order chi connectivity index (χ0) is 11.5. The van der Waals surface area contributed by atoms with Gasteiger partial charge in [-0.15, -0.1) is 11.8 Å². The minimum atomic E-state index is -0.311. The molecule has 1 saturated heterocycles. The average Bonchev–Trinajstić information content (AvgIpc) is 2.99. The van der Waals surface area contributed by atoms with Gasteiger partial charge in [-0.2, -0.15) is 0 Å². The first-order chi connectivity index (χ1) is 7.72. The van der Waals surface area contributed by atoms with E-state index in [0.717, 1.165) is 6.54 Å². The third kappa shape index (κ3) is 2.58. The Morgan fingerprint density at radius 2 is 2.25 bits per heavy atom. The number of nitrogens with one attached hydrogen (secondary N) is 1. The number of carbonyl (C=O) groups is 2. The maximum atomic E-state index is 11.9. The van der Waals surface area contributed by atoms with Gasteiger partial charge in [0.05, 0.1) is 5.88 Å². The number of nitrogens with zero attached hydrogens (tertiary/aromatic N) is 1. The van der Waals surface area contributed by atoms with Gasteiger partial charge in [0.1, 0.15) is 6.04 Å². The number of carbonyl (C=O) groups excluding carboxylic acids is 2. The van der Waals surface area contributed by atoms with E-state index < -0.39 is 0 Å². The lowest BCUT2D eigenvalue weighted by atomic mass is 10.2. The summed E-state index contributed by atoms with van der Waals surface area (Å²) in [6.07, 6.45) is 3.71. The molecular formula is C11H16N2O2S. The van der Waals surface area contributed by atoms with Crippen LogP contribution in [0.5, 0.6) is 0 Å². The second-order valence-electron chi connectivity index (χ2n) is 4.22. The number of hydrogen-bond acceptors (Lipinski definition) is 3. The fourth-order valence-corrected chi connectivity index (χ4v) is 2.84. The van der Waals surface area contributed by atoms with Crippen molar-refractivity contribution in [3.8, 4) is 0 Å². The summed E-state index contributed by atoms with van der Waals surface area (Å²) in [5.41, 5.74) is 0. The van der Waals surface area contributed by atoms with Gasteiger partial charge in [0.15, 0.2) is 0 Å². The van der Waals surface area contributed by atoms with E-state index in [-0.39, 0.29) is 17.9 Å². The molecule has 1 aliphatic carbocycles. The molecule has 0 aromatic carbocycles. The Morgan fingerprint density at radius 3 is 2.88 bits per heavy atom. The summed E-state index contributed by atoms with van der Waals surface area (Å²) >= 11 is 1.61. The molecule has 88 valence electrons. The molecule has 1 saturated carbocycles. The van der Waals surface area contributed by atoms with Crippen LogP contribution in [-0.4, -0.2) is 40.9 Å². The first-order valence-corrected chi connectivity index (χ1v) is 6.66. The van der Waals surface area contributed by atoms with Crippen molar-refractivity contribution in [3.05, 3.63) is 12.7 Å². The van der Waals surface area contributed by atoms with Crippen LogP contribution in [0.25, 0.3) is 0 Å². The van der Waals surface area contributed by atoms with Crippen molar-refractivity contribution in [1.29, 1.82) is 0 Å². The van der Waals surface area contributed by atoms with Crippen LogP contribution in [0, 0.1) is 5.92 Å². The van der Waals surface area contributed by atoms with Crippen LogP contribution < -0.4 is 5.32 Å². The molecule has 0 radical (unpaired) electrons. The predicted octanol–water partition coefficient (Wildman–Crippen LogP) is 0.600. The highest BCUT2D eigenvalue weighted by atomic mass is 32.2. The highest BCUT2D eigenvalue weighted by Gasteiger charge is 2.34. The molecule has 1 heterocycles. The Bertz CT molecular complexity index is 315. The summed E-state index contributed by atoms with van der Waals surface area (Å²) in [7, 11) is 0. The third-order valence-corrected chi connectivity index (χ3v) is 3.92. The van der Waals surface area contributed by atoms with Crippen LogP contribution in [0.4, 0.5) is 0 Å². The Hall–Kier alpha value is -0.970. The van der Waals surface area contributed by atoms with E-state index >= 15 is 0 Å². The van der Waals surface area contributed by atoms with Gasteiger partial charge < -0.3 is 10.2 Å². The van der Waals surface area contributed by atoms with Gasteiger partial charge in [-0.05, 0) is 24.8 Å². The van der Waals surface area contributed by atoms with Crippen LogP contribution in [-0.2, 0) is 9.59 Å². The molecule has 1 N–H and O–H groups in total. The fraction of sp³-hybridized carbons (Fsp3) is 0.636. The Morgan fingerprint density at radius 1 is 1.50 bits per heavy atom. The molecule has 1 atom stereocenters. The molecule has 1 aliphatic heterocycles. The summed E-state index contributed by atoms with van der Waals surface area (Å²) in [5, 5.41) is 2.92. The molecule has 0 bridgehead atoms. The average molecular weight is 240 g/mol. The van der Waals surface area contributed by atoms with Gasteiger partial charge in [0.25, 0.3) is 0 Å². The van der Waals surface area contributed by atoms with Crippen molar-refractivity contribution < 1.29 is 9.59 Å². The summed E-state index contributed by atoms with van der Waals surface area (Å²) in [4.78, 5) is 24.9. The van der Waals surface area contributed by atoms with Gasteiger partial charge >= 0.3 is 0 Å². The number of amides is 2. The van der Waals surface area contributed by atoms with E-state index in [2.05, 4.69) is 11.9 Å². The van der Waals surface area contributed by atoms with E-state index in [1.807, 2.05) is 0 Å². The quantitative estimate of drug-likeness (QED) is 0.732. The van der Waals surface area contributed by atoms with Crippen molar-refractivity contribution in [1.82, 2.24) is 10.2 Å². The van der Waals surface area contributed by atoms with E-state index in [9.17, 15) is 9.59 Å². The Kier molecular flexibility index (Phi) is 3.53. The summed E-state index contributed by atoms with van der Waals surface area (Å²) in [6.45, 7) is 4.21. The van der Waals surface area contributed by atoms with Crippen molar-refractivity contribution in [3.63, 3.8) is 0 Å². The lowest BCUT2D eigenvalue weighted by Gasteiger charge is -2.21. The molecule has 2 aliphatic rings. The standard InChI is InChI=1S/C11H16N2O2S/c1-2-10(14)13-7-16-6-9(13)11(15)12-5-8-3-4-8/h2,8-9H,1,3-7H2,(H,12,15). The topological polar surface area (TPSA) is 49.4 Å². The van der Waals surface area contributed by atoms with E-state index in [1.54, 1.807) is 16.7 Å². The molecule has 0 aromatic heterocycles. The third-order valence-electron chi connectivity index (χ3n) is 2.90. The summed E-state index contributed by atoms with van der Waals surface area (Å²) < 4.78 is 0. The van der Waals surface area contributed by atoms with Crippen LogP contribution in [0.15, 0.2) is 12.7 Å². The molecule has 16 heavy (non-hydrogen) atoms. The van der Waals surface area contributed by atoms with Gasteiger partial charge in [-0.3, -0.25) is 9.59 Å². The van der Waals surface area contributed by atoms with Crippen molar-refractivity contribution in [2.45, 2.75) is 18.9 Å². The molecule has 0 aromatic rings. The zero-order valence-corrected chi connectivity index (χ0v) is 9.96. The molecule has 2 fully saturated rings. The van der Waals surface area contributed by atoms with E-state index in [0.29, 0.717) is 17.5 Å². The van der Waals surface area contributed by atoms with Gasteiger partial charge in [0, 0.05) is 12.3 Å². The normalized spacial score (nSPS) is 24.2. The monoisotopic (exact) mass is 240 g/mol. The molecule has 1 unspecified atom stereocenters. The maximum Gasteiger partial charge on any atom is 0.247 e. The van der Waals surface area contributed by atoms with E-state index in [4.69, 9.17) is 0 Å². The Labute approximate surface area is 99.4 Å². The largest absolute Gasteiger partial charge is 0.354 e. The molecule has 5 heteroatoms. The predicted molar refractivity (Wildman–Crippen MR) is 63.9 cm³/mol. The minimum absolute atomic E-state index is 0.0212. The highest BCUT2D eigenvalue weighted by molar-refractivity contribution is 7.99. The highest BCUT2D eigenvalue weighted by Crippen LogP contribution is 2.28. The smallest absolute Gasteiger partial charge is 0.247 e. The molecular weight excluding hydrogens is 224 g/mol. The second-order valence-corrected chi connectivity index (χ2v) is 5.22. The maximum absolute atomic E-state index is 11.9. The Balaban J connectivity index is 1.87. The van der Waals surface area contributed by atoms with Gasteiger partial charge in [-0.1, -0.05) is 6.58 Å². The SMILES string of the molecule is C=CC(=O)N1CSCC1C(=O)NCC1CC1. The van der Waals surface area contributed by atoms with E-state index in [1.165, 1.54) is 18.9 Å². The number of thioether (sulfide) groups is 1. The fourth-order valence-electron chi connectivity index (χ4n) is 1.68. The van der Waals surface area contributed by atoms with Crippen LogP contribution in [0.2, 0.25) is 0 Å². The van der Waals surface area contributed by atoms with Crippen LogP contribution in [0.1, 0.15) is 12.8 Å². The molecule has 2 rings (SSSR count). The zero-order valence-electron chi connectivity index (χ0n) is 9.15. The van der Waals surface area contributed by atoms with Crippen LogP contribution >= 0.6 is 11.8 Å². The lowest BCUT2D eigenvalue weighted by Crippen LogP contribution is -2.47. The second kappa shape index (κ2) is 4.91. The first kappa shape index (κ1) is 11.5. The van der Waals surface area contributed by atoms with Crippen molar-refractivity contribution in [2.75, 3.05) is 18.2 Å². The molecule has 0 spiro atoms. The van der Waals surface area contributed by atoms with Gasteiger partial charge in [0.2, 0.25) is 11.8 Å². The number of rotatable bonds is 4.